The van der Waals surface area contributed by atoms with Crippen LogP contribution in [0.25, 0.3) is 10.8 Å². The number of nitrogens with one attached hydrogen (secondary N) is 1. The van der Waals surface area contributed by atoms with Crippen LogP contribution >= 0.6 is 0 Å². The molecule has 0 unspecified atom stereocenters. The molecule has 1 aromatic heterocycles. The standard InChI is InChI=1S/C22H20N2O2/c25-21-18-8-4-2-6-15(18)13-19(23-21)22(26)24(16-10-11-16)20-12-9-14-5-1-3-7-17(14)20/h1-8,13,16,20H,9-12H2,(H,23,25)/t20-/m0/s1. The quantitative estimate of drug-likeness (QED) is 0.785. The first-order chi connectivity index (χ1) is 12.7. The van der Waals surface area contributed by atoms with E-state index < -0.39 is 0 Å². The van der Waals surface area contributed by atoms with E-state index in [1.54, 1.807) is 6.07 Å². The smallest absolute Gasteiger partial charge is 0.271 e. The number of nitrogens with zero attached hydrogens (tertiary/aromatic N) is 1. The summed E-state index contributed by atoms with van der Waals surface area (Å²) in [6, 6.07) is 18.0. The molecule has 1 amide bonds. The predicted molar refractivity (Wildman–Crippen MR) is 101 cm³/mol. The molecular weight excluding hydrogens is 324 g/mol. The van der Waals surface area contributed by atoms with E-state index in [-0.39, 0.29) is 23.6 Å². The first-order valence-corrected chi connectivity index (χ1v) is 9.25. The van der Waals surface area contributed by atoms with E-state index in [1.807, 2.05) is 35.2 Å². The molecule has 1 N–H and O–H groups in total. The Morgan fingerprint density at radius 2 is 1.77 bits per heavy atom. The van der Waals surface area contributed by atoms with Crippen LogP contribution < -0.4 is 5.56 Å². The Morgan fingerprint density at radius 3 is 2.62 bits per heavy atom. The van der Waals surface area contributed by atoms with Crippen molar-refractivity contribution in [3.63, 3.8) is 0 Å². The lowest BCUT2D eigenvalue weighted by Crippen LogP contribution is -2.37. The number of H-pyrrole nitrogens is 1. The highest BCUT2D eigenvalue weighted by Gasteiger charge is 2.41. The van der Waals surface area contributed by atoms with Gasteiger partial charge in [0, 0.05) is 11.4 Å². The summed E-state index contributed by atoms with van der Waals surface area (Å²) in [5.41, 5.74) is 2.79. The fourth-order valence-corrected chi connectivity index (χ4v) is 4.20. The van der Waals surface area contributed by atoms with Gasteiger partial charge in [-0.25, -0.2) is 0 Å². The van der Waals surface area contributed by atoms with Gasteiger partial charge >= 0.3 is 0 Å². The Morgan fingerprint density at radius 1 is 1.00 bits per heavy atom. The number of pyridine rings is 1. The number of rotatable bonds is 3. The van der Waals surface area contributed by atoms with Crippen LogP contribution in [0.5, 0.6) is 0 Å². The number of amides is 1. The topological polar surface area (TPSA) is 53.2 Å². The van der Waals surface area contributed by atoms with Gasteiger partial charge in [-0.3, -0.25) is 9.59 Å². The maximum Gasteiger partial charge on any atom is 0.271 e. The highest BCUT2D eigenvalue weighted by Crippen LogP contribution is 2.42. The summed E-state index contributed by atoms with van der Waals surface area (Å²) in [7, 11) is 0. The van der Waals surface area contributed by atoms with Crippen molar-refractivity contribution in [1.29, 1.82) is 0 Å². The zero-order valence-corrected chi connectivity index (χ0v) is 14.4. The van der Waals surface area contributed by atoms with Crippen LogP contribution in [0.4, 0.5) is 0 Å². The second kappa shape index (κ2) is 5.84. The van der Waals surface area contributed by atoms with Crippen molar-refractivity contribution in [2.24, 2.45) is 0 Å². The number of aromatic nitrogens is 1. The molecule has 5 rings (SSSR count). The molecule has 1 saturated carbocycles. The number of fused-ring (bicyclic) bond motifs is 2. The summed E-state index contributed by atoms with van der Waals surface area (Å²) >= 11 is 0. The number of carbonyl (C=O) groups excluding carboxylic acids is 1. The van der Waals surface area contributed by atoms with Gasteiger partial charge in [0.25, 0.3) is 11.5 Å². The molecule has 2 aromatic carbocycles. The van der Waals surface area contributed by atoms with Gasteiger partial charge in [0.1, 0.15) is 5.69 Å². The molecule has 0 saturated heterocycles. The van der Waals surface area contributed by atoms with Crippen LogP contribution in [-0.2, 0) is 6.42 Å². The lowest BCUT2D eigenvalue weighted by Gasteiger charge is -2.30. The number of aryl methyl sites for hydroxylation is 1. The Kier molecular flexibility index (Phi) is 3.45. The van der Waals surface area contributed by atoms with E-state index in [0.717, 1.165) is 31.1 Å². The molecule has 2 aliphatic rings. The van der Waals surface area contributed by atoms with Gasteiger partial charge in [-0.15, -0.1) is 0 Å². The molecule has 1 fully saturated rings. The van der Waals surface area contributed by atoms with Crippen molar-refractivity contribution in [1.82, 2.24) is 9.88 Å². The Balaban J connectivity index is 1.57. The van der Waals surface area contributed by atoms with E-state index in [2.05, 4.69) is 23.2 Å². The first kappa shape index (κ1) is 15.4. The summed E-state index contributed by atoms with van der Waals surface area (Å²) in [4.78, 5) is 30.6. The number of benzene rings is 2. The summed E-state index contributed by atoms with van der Waals surface area (Å²) < 4.78 is 0. The van der Waals surface area contributed by atoms with Crippen molar-refractivity contribution in [3.05, 3.63) is 81.8 Å². The van der Waals surface area contributed by atoms with Gasteiger partial charge in [0.05, 0.1) is 6.04 Å². The SMILES string of the molecule is O=C(c1cc2ccccc2c(=O)[nH]1)N(C1CC1)[C@H]1CCc2ccccc21. The third-order valence-corrected chi connectivity index (χ3v) is 5.60. The second-order valence-electron chi connectivity index (χ2n) is 7.30. The van der Waals surface area contributed by atoms with Gasteiger partial charge in [-0.05, 0) is 54.3 Å². The van der Waals surface area contributed by atoms with Crippen LogP contribution in [0.1, 0.15) is 46.9 Å². The van der Waals surface area contributed by atoms with Crippen molar-refractivity contribution in [2.45, 2.75) is 37.8 Å². The zero-order valence-electron chi connectivity index (χ0n) is 14.4. The Bertz CT molecular complexity index is 1060. The van der Waals surface area contributed by atoms with Gasteiger partial charge in [0.15, 0.2) is 0 Å². The minimum absolute atomic E-state index is 0.0583. The highest BCUT2D eigenvalue weighted by atomic mass is 16.2. The molecule has 1 heterocycles. The van der Waals surface area contributed by atoms with Crippen LogP contribution in [-0.4, -0.2) is 21.8 Å². The van der Waals surface area contributed by atoms with Crippen LogP contribution in [0.3, 0.4) is 0 Å². The summed E-state index contributed by atoms with van der Waals surface area (Å²) in [6.45, 7) is 0. The number of hydrogen-bond donors (Lipinski definition) is 1. The third kappa shape index (κ3) is 2.45. The maximum atomic E-state index is 13.4. The number of carbonyl (C=O) groups is 1. The fraction of sp³-hybridized carbons (Fsp3) is 0.273. The molecule has 0 spiro atoms. The molecule has 4 nitrogen and oxygen atoms in total. The van der Waals surface area contributed by atoms with E-state index in [1.165, 1.54) is 11.1 Å². The van der Waals surface area contributed by atoms with Gasteiger partial charge in [-0.1, -0.05) is 42.5 Å². The molecule has 0 radical (unpaired) electrons. The molecule has 2 aliphatic carbocycles. The van der Waals surface area contributed by atoms with E-state index in [0.29, 0.717) is 11.1 Å². The Labute approximate surface area is 151 Å². The molecular formula is C22H20N2O2. The maximum absolute atomic E-state index is 13.4. The molecule has 26 heavy (non-hydrogen) atoms. The van der Waals surface area contributed by atoms with Crippen molar-refractivity contribution >= 4 is 16.7 Å². The zero-order chi connectivity index (χ0) is 17.7. The van der Waals surface area contributed by atoms with Gasteiger partial charge in [-0.2, -0.15) is 0 Å². The summed E-state index contributed by atoms with van der Waals surface area (Å²) in [5, 5.41) is 1.43. The minimum atomic E-state index is -0.200. The summed E-state index contributed by atoms with van der Waals surface area (Å²) in [5.74, 6) is -0.0583. The lowest BCUT2D eigenvalue weighted by atomic mass is 10.1. The third-order valence-electron chi connectivity index (χ3n) is 5.60. The predicted octanol–water partition coefficient (Wildman–Crippen LogP) is 3.82. The van der Waals surface area contributed by atoms with Crippen molar-refractivity contribution in [2.75, 3.05) is 0 Å². The van der Waals surface area contributed by atoms with E-state index >= 15 is 0 Å². The number of hydrogen-bond acceptors (Lipinski definition) is 2. The largest absolute Gasteiger partial charge is 0.327 e. The molecule has 0 aliphatic heterocycles. The molecule has 0 bridgehead atoms. The van der Waals surface area contributed by atoms with E-state index in [4.69, 9.17) is 0 Å². The van der Waals surface area contributed by atoms with Crippen LogP contribution in [0.2, 0.25) is 0 Å². The van der Waals surface area contributed by atoms with Crippen LogP contribution in [0, 0.1) is 0 Å². The summed E-state index contributed by atoms with van der Waals surface area (Å²) in [6.07, 6.45) is 4.05. The van der Waals surface area contributed by atoms with Crippen molar-refractivity contribution < 1.29 is 4.79 Å². The molecule has 4 heteroatoms. The second-order valence-corrected chi connectivity index (χ2v) is 7.30. The molecule has 3 aromatic rings. The molecule has 130 valence electrons. The van der Waals surface area contributed by atoms with E-state index in [9.17, 15) is 9.59 Å². The lowest BCUT2D eigenvalue weighted by molar-refractivity contribution is 0.0652. The average Bonchev–Trinajstić information content (AvgIpc) is 3.41. The highest BCUT2D eigenvalue weighted by molar-refractivity contribution is 5.97. The number of aromatic amines is 1. The van der Waals surface area contributed by atoms with Gasteiger partial charge < -0.3 is 9.88 Å². The fourth-order valence-electron chi connectivity index (χ4n) is 4.20. The normalized spacial score (nSPS) is 18.7. The monoisotopic (exact) mass is 344 g/mol. The molecule has 1 atom stereocenters. The van der Waals surface area contributed by atoms with Gasteiger partial charge in [0.2, 0.25) is 0 Å². The van der Waals surface area contributed by atoms with Crippen molar-refractivity contribution in [3.8, 4) is 0 Å². The Hall–Kier alpha value is -2.88. The minimum Gasteiger partial charge on any atom is -0.327 e. The van der Waals surface area contributed by atoms with Crippen LogP contribution in [0.15, 0.2) is 59.4 Å². The average molecular weight is 344 g/mol. The first-order valence-electron chi connectivity index (χ1n) is 9.25.